The number of imidazole rings is 1. The van der Waals surface area contributed by atoms with Crippen LogP contribution in [0.25, 0.3) is 16.9 Å². The summed E-state index contributed by atoms with van der Waals surface area (Å²) in [7, 11) is 0. The van der Waals surface area contributed by atoms with Crippen LogP contribution in [-0.4, -0.2) is 73.1 Å². The van der Waals surface area contributed by atoms with Gasteiger partial charge in [0.1, 0.15) is 17.6 Å². The molecule has 1 saturated heterocycles. The molecular weight excluding hydrogens is 461 g/mol. The van der Waals surface area contributed by atoms with E-state index in [2.05, 4.69) is 10.1 Å². The first kappa shape index (κ1) is 25.8. The van der Waals surface area contributed by atoms with E-state index in [1.807, 2.05) is 33.8 Å². The van der Waals surface area contributed by atoms with Crippen LogP contribution in [0.3, 0.4) is 0 Å². The summed E-state index contributed by atoms with van der Waals surface area (Å²) >= 11 is 0. The number of rotatable bonds is 7. The smallest absolute Gasteiger partial charge is 0.274 e. The largest absolute Gasteiger partial charge is 0.383 e. The summed E-state index contributed by atoms with van der Waals surface area (Å²) in [6.07, 6.45) is 2.80. The van der Waals surface area contributed by atoms with E-state index >= 15 is 0 Å². The molecule has 1 fully saturated rings. The van der Waals surface area contributed by atoms with Crippen molar-refractivity contribution < 1.29 is 19.1 Å². The molecule has 8 nitrogen and oxygen atoms in total. The second kappa shape index (κ2) is 10.7. The quantitative estimate of drug-likeness (QED) is 0.537. The average Bonchev–Trinajstić information content (AvgIpc) is 3.30. The van der Waals surface area contributed by atoms with E-state index in [0.29, 0.717) is 37.4 Å². The second-order valence-electron chi connectivity index (χ2n) is 9.83. The molecular formula is C27H34FN5O3. The van der Waals surface area contributed by atoms with Gasteiger partial charge in [-0.05, 0) is 49.6 Å². The van der Waals surface area contributed by atoms with E-state index in [9.17, 15) is 19.1 Å². The Morgan fingerprint density at radius 2 is 1.92 bits per heavy atom. The zero-order valence-electron chi connectivity index (χ0n) is 21.3. The number of aliphatic hydroxyl groups is 1. The van der Waals surface area contributed by atoms with E-state index in [-0.39, 0.29) is 35.3 Å². The molecule has 0 saturated carbocycles. The number of nitrogens with zero attached hydrogens (tertiary/aromatic N) is 5. The highest BCUT2D eigenvalue weighted by molar-refractivity contribution is 5.93. The van der Waals surface area contributed by atoms with Gasteiger partial charge in [-0.25, -0.2) is 13.9 Å². The van der Waals surface area contributed by atoms with Gasteiger partial charge in [0.15, 0.2) is 5.65 Å². The highest BCUT2D eigenvalue weighted by Gasteiger charge is 2.33. The van der Waals surface area contributed by atoms with Crippen LogP contribution in [0.1, 0.15) is 68.9 Å². The van der Waals surface area contributed by atoms with Gasteiger partial charge in [-0.3, -0.25) is 9.59 Å². The van der Waals surface area contributed by atoms with Crippen molar-refractivity contribution in [1.29, 1.82) is 0 Å². The Morgan fingerprint density at radius 3 is 2.56 bits per heavy atom. The van der Waals surface area contributed by atoms with Gasteiger partial charge in [0.05, 0.1) is 11.9 Å². The molecule has 1 N–H and O–H groups in total. The number of aliphatic hydroxyl groups excluding tert-OH is 1. The second-order valence-corrected chi connectivity index (χ2v) is 9.83. The van der Waals surface area contributed by atoms with Crippen LogP contribution in [0.2, 0.25) is 0 Å². The molecule has 2 atom stereocenters. The fourth-order valence-electron chi connectivity index (χ4n) is 4.63. The van der Waals surface area contributed by atoms with E-state index < -0.39 is 6.10 Å². The Morgan fingerprint density at radius 1 is 1.19 bits per heavy atom. The normalized spacial score (nSPS) is 17.1. The van der Waals surface area contributed by atoms with Crippen LogP contribution in [-0.2, 0) is 4.79 Å². The summed E-state index contributed by atoms with van der Waals surface area (Å²) < 4.78 is 15.0. The molecule has 4 rings (SSSR count). The first-order valence-corrected chi connectivity index (χ1v) is 12.6. The summed E-state index contributed by atoms with van der Waals surface area (Å²) in [6, 6.07) is 7.87. The lowest BCUT2D eigenvalue weighted by atomic mass is 10.0. The molecule has 3 aromatic rings. The van der Waals surface area contributed by atoms with E-state index in [1.165, 1.54) is 12.1 Å². The molecule has 1 unspecified atom stereocenters. The van der Waals surface area contributed by atoms with Crippen LogP contribution in [0.4, 0.5) is 4.39 Å². The fraction of sp³-hybridized carbons (Fsp3) is 0.481. The summed E-state index contributed by atoms with van der Waals surface area (Å²) in [5, 5.41) is 14.9. The Bertz CT molecular complexity index is 1240. The highest BCUT2D eigenvalue weighted by Crippen LogP contribution is 2.26. The van der Waals surface area contributed by atoms with Gasteiger partial charge >= 0.3 is 0 Å². The van der Waals surface area contributed by atoms with Gasteiger partial charge in [0, 0.05) is 36.8 Å². The van der Waals surface area contributed by atoms with Gasteiger partial charge in [0.25, 0.3) is 11.8 Å². The maximum absolute atomic E-state index is 13.4. The molecule has 192 valence electrons. The van der Waals surface area contributed by atoms with Gasteiger partial charge in [-0.1, -0.05) is 33.6 Å². The van der Waals surface area contributed by atoms with Crippen molar-refractivity contribution in [1.82, 2.24) is 24.4 Å². The maximum atomic E-state index is 13.4. The predicted octanol–water partition coefficient (Wildman–Crippen LogP) is 3.88. The minimum Gasteiger partial charge on any atom is -0.383 e. The van der Waals surface area contributed by atoms with Crippen molar-refractivity contribution in [3.05, 3.63) is 53.6 Å². The average molecular weight is 496 g/mol. The topological polar surface area (TPSA) is 91.0 Å². The summed E-state index contributed by atoms with van der Waals surface area (Å²) in [4.78, 5) is 34.0. The molecule has 2 aromatic heterocycles. The zero-order chi connectivity index (χ0) is 26.0. The van der Waals surface area contributed by atoms with Crippen molar-refractivity contribution in [2.24, 2.45) is 0 Å². The van der Waals surface area contributed by atoms with Crippen LogP contribution >= 0.6 is 0 Å². The first-order valence-electron chi connectivity index (χ1n) is 12.6. The fourth-order valence-corrected chi connectivity index (χ4v) is 4.63. The Balaban J connectivity index is 1.55. The van der Waals surface area contributed by atoms with Crippen LogP contribution in [0.15, 0.2) is 36.5 Å². The Hall–Kier alpha value is -3.33. The van der Waals surface area contributed by atoms with Crippen molar-refractivity contribution in [3.8, 4) is 11.3 Å². The van der Waals surface area contributed by atoms with Crippen LogP contribution in [0, 0.1) is 5.82 Å². The van der Waals surface area contributed by atoms with Crippen molar-refractivity contribution >= 4 is 17.5 Å². The van der Waals surface area contributed by atoms with E-state index in [4.69, 9.17) is 0 Å². The molecule has 36 heavy (non-hydrogen) atoms. The highest BCUT2D eigenvalue weighted by atomic mass is 19.1. The minimum absolute atomic E-state index is 0.133. The number of halogens is 1. The molecule has 2 amide bonds. The number of aromatic nitrogens is 3. The third-order valence-electron chi connectivity index (χ3n) is 6.75. The van der Waals surface area contributed by atoms with Gasteiger partial charge in [-0.2, -0.15) is 5.10 Å². The Labute approximate surface area is 210 Å². The number of hydrogen-bond donors (Lipinski definition) is 1. The summed E-state index contributed by atoms with van der Waals surface area (Å²) in [6.45, 7) is 9.11. The maximum Gasteiger partial charge on any atom is 0.274 e. The lowest BCUT2D eigenvalue weighted by Crippen LogP contribution is -2.57. The Kier molecular flexibility index (Phi) is 7.68. The monoisotopic (exact) mass is 495 g/mol. The van der Waals surface area contributed by atoms with Crippen LogP contribution < -0.4 is 0 Å². The number of hydrogen-bond acceptors (Lipinski definition) is 5. The third kappa shape index (κ3) is 5.26. The van der Waals surface area contributed by atoms with Gasteiger partial charge in [0.2, 0.25) is 0 Å². The molecule has 3 heterocycles. The number of amides is 2. The molecule has 0 radical (unpaired) electrons. The SMILES string of the molecule is CCCCC(O)C(=O)N1CCN(C(=O)c2cn3nc(-c4ccc(F)cc4)cc(C(C)C)c3n2)C[C@@H]1C. The van der Waals surface area contributed by atoms with Crippen molar-refractivity contribution in [2.45, 2.75) is 65.0 Å². The van der Waals surface area contributed by atoms with E-state index in [0.717, 1.165) is 24.0 Å². The van der Waals surface area contributed by atoms with Gasteiger partial charge in [-0.15, -0.1) is 0 Å². The minimum atomic E-state index is -0.996. The zero-order valence-corrected chi connectivity index (χ0v) is 21.3. The number of carbonyl (C=O) groups excluding carboxylic acids is 2. The number of piperazine rings is 1. The number of carbonyl (C=O) groups is 2. The van der Waals surface area contributed by atoms with Crippen molar-refractivity contribution in [2.75, 3.05) is 19.6 Å². The molecule has 1 aromatic carbocycles. The number of unbranched alkanes of at least 4 members (excludes halogenated alkanes) is 1. The summed E-state index contributed by atoms with van der Waals surface area (Å²) in [5.74, 6) is -0.668. The number of fused-ring (bicyclic) bond motifs is 1. The molecule has 1 aliphatic heterocycles. The van der Waals surface area contributed by atoms with Crippen molar-refractivity contribution in [3.63, 3.8) is 0 Å². The van der Waals surface area contributed by atoms with E-state index in [1.54, 1.807) is 32.6 Å². The predicted molar refractivity (Wildman–Crippen MR) is 135 cm³/mol. The third-order valence-corrected chi connectivity index (χ3v) is 6.75. The molecule has 0 aliphatic carbocycles. The standard InChI is InChI=1S/C27H34FN5O3/c1-5-6-7-24(34)27(36)32-13-12-31(15-18(32)4)26(35)23-16-33-25(29-23)21(17(2)3)14-22(30-33)19-8-10-20(28)11-9-19/h8-11,14,16-18,24,34H,5-7,12-13,15H2,1-4H3/t18-,24?/m0/s1. The summed E-state index contributed by atoms with van der Waals surface area (Å²) in [5.41, 5.74) is 3.28. The lowest BCUT2D eigenvalue weighted by Gasteiger charge is -2.40. The lowest BCUT2D eigenvalue weighted by molar-refractivity contribution is -0.144. The number of benzene rings is 1. The molecule has 0 spiro atoms. The molecule has 1 aliphatic rings. The van der Waals surface area contributed by atoms with Gasteiger partial charge < -0.3 is 14.9 Å². The first-order chi connectivity index (χ1) is 17.2. The molecule has 9 heteroatoms. The van der Waals surface area contributed by atoms with Crippen LogP contribution in [0.5, 0.6) is 0 Å². The molecule has 0 bridgehead atoms.